The first-order chi connectivity index (χ1) is 14.2. The lowest BCUT2D eigenvalue weighted by Crippen LogP contribution is -2.51. The first-order valence-corrected chi connectivity index (χ1v) is 11.4. The summed E-state index contributed by atoms with van der Waals surface area (Å²) in [7, 11) is 0. The largest absolute Gasteiger partial charge is 0.341 e. The fourth-order valence-electron chi connectivity index (χ4n) is 3.17. The summed E-state index contributed by atoms with van der Waals surface area (Å²) in [5.74, 6) is 0.538. The van der Waals surface area contributed by atoms with Crippen LogP contribution in [0.5, 0.6) is 0 Å². The number of nitrogens with one attached hydrogen (secondary N) is 1. The van der Waals surface area contributed by atoms with Crippen LogP contribution in [0.2, 0.25) is 5.02 Å². The number of carbonyl (C=O) groups is 1. The number of carbonyl (C=O) groups excluding carboxylic acids is 1. The summed E-state index contributed by atoms with van der Waals surface area (Å²) in [5.41, 5.74) is -0.0682. The summed E-state index contributed by atoms with van der Waals surface area (Å²) in [6, 6.07) is 9.74. The molecule has 1 aromatic heterocycles. The molecular formula is C21H27ClN6OS. The molecule has 2 heterocycles. The Kier molecular flexibility index (Phi) is 6.94. The van der Waals surface area contributed by atoms with Gasteiger partial charge in [0.1, 0.15) is 5.54 Å². The summed E-state index contributed by atoms with van der Waals surface area (Å²) < 4.78 is 1.96. The molecule has 0 radical (unpaired) electrons. The molecule has 2 aromatic rings. The molecule has 0 bridgehead atoms. The van der Waals surface area contributed by atoms with E-state index in [1.807, 2.05) is 49.6 Å². The number of hydrogen-bond donors (Lipinski definition) is 1. The number of aromatic nitrogens is 3. The third-order valence-electron chi connectivity index (χ3n) is 5.49. The zero-order valence-corrected chi connectivity index (χ0v) is 19.3. The quantitative estimate of drug-likeness (QED) is 0.645. The minimum Gasteiger partial charge on any atom is -0.341 e. The Labute approximate surface area is 186 Å². The normalized spacial score (nSPS) is 16.9. The highest BCUT2D eigenvalue weighted by molar-refractivity contribution is 8.00. The van der Waals surface area contributed by atoms with Crippen molar-refractivity contribution in [3.63, 3.8) is 0 Å². The lowest BCUT2D eigenvalue weighted by molar-refractivity contribution is -0.121. The molecule has 0 aliphatic carbocycles. The van der Waals surface area contributed by atoms with Gasteiger partial charge in [-0.1, -0.05) is 43.3 Å². The second-order valence-corrected chi connectivity index (χ2v) is 9.75. The van der Waals surface area contributed by atoms with Gasteiger partial charge < -0.3 is 10.2 Å². The van der Waals surface area contributed by atoms with Crippen molar-refractivity contribution in [1.82, 2.24) is 20.1 Å². The Morgan fingerprint density at radius 1 is 1.30 bits per heavy atom. The smallest absolute Gasteiger partial charge is 0.234 e. The van der Waals surface area contributed by atoms with E-state index >= 15 is 0 Å². The van der Waals surface area contributed by atoms with Crippen LogP contribution in [0.1, 0.15) is 40.5 Å². The molecule has 1 saturated heterocycles. The topological polar surface area (TPSA) is 86.8 Å². The molecule has 1 aliphatic rings. The molecular weight excluding hydrogens is 420 g/mol. The predicted molar refractivity (Wildman–Crippen MR) is 120 cm³/mol. The summed E-state index contributed by atoms with van der Waals surface area (Å²) in [5, 5.41) is 22.0. The first-order valence-electron chi connectivity index (χ1n) is 10.1. The third-order valence-corrected chi connectivity index (χ3v) is 6.77. The van der Waals surface area contributed by atoms with Crippen LogP contribution in [0.15, 0.2) is 29.4 Å². The van der Waals surface area contributed by atoms with Crippen molar-refractivity contribution in [2.75, 3.05) is 18.0 Å². The number of nitrogens with zero attached hydrogens (tertiary/aromatic N) is 5. The van der Waals surface area contributed by atoms with Crippen LogP contribution in [0.25, 0.3) is 5.69 Å². The molecule has 0 unspecified atom stereocenters. The molecule has 7 nitrogen and oxygen atoms in total. The molecule has 3 rings (SSSR count). The van der Waals surface area contributed by atoms with E-state index in [2.05, 4.69) is 26.5 Å². The first kappa shape index (κ1) is 22.4. The molecule has 1 fully saturated rings. The lowest BCUT2D eigenvalue weighted by Gasteiger charge is -2.28. The summed E-state index contributed by atoms with van der Waals surface area (Å²) in [6.07, 6.45) is 2.23. The maximum Gasteiger partial charge on any atom is 0.234 e. The number of rotatable bonds is 7. The van der Waals surface area contributed by atoms with Crippen molar-refractivity contribution in [3.8, 4) is 11.8 Å². The number of nitriles is 1. The van der Waals surface area contributed by atoms with Crippen molar-refractivity contribution < 1.29 is 4.79 Å². The van der Waals surface area contributed by atoms with Crippen LogP contribution in [-0.2, 0) is 4.79 Å². The van der Waals surface area contributed by atoms with Gasteiger partial charge in [-0.15, -0.1) is 10.2 Å². The van der Waals surface area contributed by atoms with Gasteiger partial charge in [-0.05, 0) is 50.8 Å². The fourth-order valence-corrected chi connectivity index (χ4v) is 4.22. The maximum atomic E-state index is 12.8. The summed E-state index contributed by atoms with van der Waals surface area (Å²) in [4.78, 5) is 15.0. The number of benzene rings is 1. The molecule has 1 aliphatic heterocycles. The number of thioether (sulfide) groups is 1. The molecule has 30 heavy (non-hydrogen) atoms. The average molecular weight is 447 g/mol. The Bertz CT molecular complexity index is 949. The van der Waals surface area contributed by atoms with Crippen molar-refractivity contribution in [1.29, 1.82) is 5.26 Å². The second-order valence-electron chi connectivity index (χ2n) is 8.01. The van der Waals surface area contributed by atoms with E-state index in [0.29, 0.717) is 10.2 Å². The van der Waals surface area contributed by atoms with E-state index in [1.165, 1.54) is 11.8 Å². The summed E-state index contributed by atoms with van der Waals surface area (Å²) in [6.45, 7) is 9.24. The molecule has 1 aromatic carbocycles. The third kappa shape index (κ3) is 4.73. The zero-order chi connectivity index (χ0) is 21.9. The van der Waals surface area contributed by atoms with Gasteiger partial charge in [-0.25, -0.2) is 0 Å². The van der Waals surface area contributed by atoms with Gasteiger partial charge in [0.2, 0.25) is 11.9 Å². The van der Waals surface area contributed by atoms with Gasteiger partial charge in [0.05, 0.1) is 17.0 Å². The Balaban J connectivity index is 1.89. The number of anilines is 1. The van der Waals surface area contributed by atoms with Crippen LogP contribution in [0, 0.1) is 17.2 Å². The Morgan fingerprint density at radius 2 is 2.00 bits per heavy atom. The highest BCUT2D eigenvalue weighted by Gasteiger charge is 2.33. The fraction of sp³-hybridized carbons (Fsp3) is 0.524. The number of amides is 1. The molecule has 1 amide bonds. The van der Waals surface area contributed by atoms with Gasteiger partial charge in [0.25, 0.3) is 0 Å². The monoisotopic (exact) mass is 446 g/mol. The standard InChI is InChI=1S/C21H27ClN6OS/c1-14(2)21(4,13-23)24-18(29)15(3)30-20-26-25-19(27-10-5-6-11-27)28(20)17-9-7-8-16(22)12-17/h7-9,12,14-15H,5-6,10-11H2,1-4H3,(H,24,29)/t15-,21-/m1/s1. The zero-order valence-electron chi connectivity index (χ0n) is 17.7. The van der Waals surface area contributed by atoms with E-state index in [0.717, 1.165) is 37.6 Å². The van der Waals surface area contributed by atoms with Crippen LogP contribution in [0.3, 0.4) is 0 Å². The SMILES string of the molecule is CC(C)[C@@](C)(C#N)NC(=O)[C@@H](C)Sc1nnc(N2CCCC2)n1-c1cccc(Cl)c1. The Hall–Kier alpha value is -2.24. The van der Waals surface area contributed by atoms with Gasteiger partial charge in [0.15, 0.2) is 5.16 Å². The van der Waals surface area contributed by atoms with Gasteiger partial charge in [-0.2, -0.15) is 5.26 Å². The van der Waals surface area contributed by atoms with Crippen molar-refractivity contribution in [3.05, 3.63) is 29.3 Å². The molecule has 1 N–H and O–H groups in total. The highest BCUT2D eigenvalue weighted by Crippen LogP contribution is 2.32. The predicted octanol–water partition coefficient (Wildman–Crippen LogP) is 4.06. The minimum atomic E-state index is -0.923. The van der Waals surface area contributed by atoms with Crippen LogP contribution < -0.4 is 10.2 Å². The van der Waals surface area contributed by atoms with Crippen LogP contribution in [0.4, 0.5) is 5.95 Å². The molecule has 0 spiro atoms. The van der Waals surface area contributed by atoms with Gasteiger partial charge in [0, 0.05) is 18.1 Å². The average Bonchev–Trinajstić information content (AvgIpc) is 3.37. The summed E-state index contributed by atoms with van der Waals surface area (Å²) >= 11 is 7.55. The second kappa shape index (κ2) is 9.27. The van der Waals surface area contributed by atoms with Crippen LogP contribution in [-0.4, -0.2) is 44.6 Å². The van der Waals surface area contributed by atoms with Crippen LogP contribution >= 0.6 is 23.4 Å². The molecule has 160 valence electrons. The van der Waals surface area contributed by atoms with Gasteiger partial charge >= 0.3 is 0 Å². The minimum absolute atomic E-state index is 0.0134. The van der Waals surface area contributed by atoms with E-state index < -0.39 is 10.8 Å². The number of hydrogen-bond acceptors (Lipinski definition) is 6. The van der Waals surface area contributed by atoms with E-state index in [4.69, 9.17) is 11.6 Å². The molecule has 9 heteroatoms. The van der Waals surface area contributed by atoms with Crippen molar-refractivity contribution in [2.45, 2.75) is 56.5 Å². The maximum absolute atomic E-state index is 12.8. The van der Waals surface area contributed by atoms with Gasteiger partial charge in [-0.3, -0.25) is 9.36 Å². The van der Waals surface area contributed by atoms with E-state index in [9.17, 15) is 10.1 Å². The highest BCUT2D eigenvalue weighted by atomic mass is 35.5. The van der Waals surface area contributed by atoms with E-state index in [-0.39, 0.29) is 11.8 Å². The molecule has 0 saturated carbocycles. The lowest BCUT2D eigenvalue weighted by atomic mass is 9.90. The van der Waals surface area contributed by atoms with Crippen molar-refractivity contribution in [2.24, 2.45) is 5.92 Å². The Morgan fingerprint density at radius 3 is 2.60 bits per heavy atom. The number of halogens is 1. The molecule has 2 atom stereocenters. The van der Waals surface area contributed by atoms with E-state index in [1.54, 1.807) is 6.92 Å². The van der Waals surface area contributed by atoms with Crippen molar-refractivity contribution >= 4 is 35.2 Å².